The van der Waals surface area contributed by atoms with Gasteiger partial charge < -0.3 is 9.72 Å². The molecule has 0 saturated carbocycles. The van der Waals surface area contributed by atoms with Gasteiger partial charge in [-0.2, -0.15) is 10.4 Å². The van der Waals surface area contributed by atoms with E-state index in [1.807, 2.05) is 38.1 Å². The van der Waals surface area contributed by atoms with Crippen molar-refractivity contribution in [3.8, 4) is 6.07 Å². The van der Waals surface area contributed by atoms with Crippen LogP contribution in [0.4, 0.5) is 5.82 Å². The van der Waals surface area contributed by atoms with E-state index in [1.54, 1.807) is 41.1 Å². The molecule has 7 heteroatoms. The molecular weight excluding hydrogens is 340 g/mol. The van der Waals surface area contributed by atoms with Gasteiger partial charge in [0.1, 0.15) is 11.8 Å². The molecule has 27 heavy (non-hydrogen) atoms. The Morgan fingerprint density at radius 2 is 2.15 bits per heavy atom. The number of carbonyl (C=O) groups is 1. The SMILES string of the molecule is CN(/N=C/c1ccc2c(c1)C(C)(C)NC2=O)c1nccn2c(C#N)ccc12. The smallest absolute Gasteiger partial charge is 0.252 e. The molecule has 1 amide bonds. The molecule has 0 bridgehead atoms. The van der Waals surface area contributed by atoms with Crippen molar-refractivity contribution in [3.05, 3.63) is 65.1 Å². The molecule has 4 rings (SSSR count). The van der Waals surface area contributed by atoms with Gasteiger partial charge in [0.2, 0.25) is 0 Å². The van der Waals surface area contributed by atoms with Crippen molar-refractivity contribution in [2.75, 3.05) is 12.1 Å². The molecule has 0 fully saturated rings. The Balaban J connectivity index is 1.66. The summed E-state index contributed by atoms with van der Waals surface area (Å²) in [6.07, 6.45) is 5.13. The second-order valence-corrected chi connectivity index (χ2v) is 6.99. The van der Waals surface area contributed by atoms with E-state index < -0.39 is 5.54 Å². The maximum absolute atomic E-state index is 12.0. The molecule has 134 valence electrons. The largest absolute Gasteiger partial charge is 0.343 e. The number of nitrogens with one attached hydrogen (secondary N) is 1. The number of amides is 1. The molecular formula is C20H18N6O. The maximum Gasteiger partial charge on any atom is 0.252 e. The highest BCUT2D eigenvalue weighted by atomic mass is 16.2. The average molecular weight is 358 g/mol. The van der Waals surface area contributed by atoms with Crippen LogP contribution in [-0.2, 0) is 5.54 Å². The molecule has 1 aliphatic rings. The molecule has 7 nitrogen and oxygen atoms in total. The van der Waals surface area contributed by atoms with Crippen LogP contribution in [-0.4, -0.2) is 28.6 Å². The molecule has 0 atom stereocenters. The molecule has 0 aliphatic carbocycles. The van der Waals surface area contributed by atoms with E-state index in [0.717, 1.165) is 16.6 Å². The summed E-state index contributed by atoms with van der Waals surface area (Å²) in [6.45, 7) is 3.96. The Hall–Kier alpha value is -3.66. The highest BCUT2D eigenvalue weighted by Crippen LogP contribution is 2.30. The lowest BCUT2D eigenvalue weighted by Crippen LogP contribution is -2.32. The van der Waals surface area contributed by atoms with Gasteiger partial charge in [0, 0.05) is 25.0 Å². The first kappa shape index (κ1) is 16.8. The Morgan fingerprint density at radius 3 is 2.93 bits per heavy atom. The first-order valence-electron chi connectivity index (χ1n) is 8.51. The number of benzene rings is 1. The second-order valence-electron chi connectivity index (χ2n) is 6.99. The van der Waals surface area contributed by atoms with Gasteiger partial charge in [0.15, 0.2) is 5.82 Å². The fourth-order valence-electron chi connectivity index (χ4n) is 3.35. The summed E-state index contributed by atoms with van der Waals surface area (Å²) in [5.74, 6) is 0.599. The lowest BCUT2D eigenvalue weighted by molar-refractivity contribution is 0.0940. The van der Waals surface area contributed by atoms with Crippen LogP contribution in [0.1, 0.15) is 41.0 Å². The Labute approximate surface area is 156 Å². The number of hydrogen-bond donors (Lipinski definition) is 1. The minimum absolute atomic E-state index is 0.0481. The summed E-state index contributed by atoms with van der Waals surface area (Å²) in [7, 11) is 1.81. The number of fused-ring (bicyclic) bond motifs is 2. The summed E-state index contributed by atoms with van der Waals surface area (Å²) in [6, 6.07) is 11.4. The highest BCUT2D eigenvalue weighted by molar-refractivity contribution is 6.00. The zero-order valence-electron chi connectivity index (χ0n) is 15.3. The molecule has 3 heterocycles. The standard InChI is InChI=1S/C20H18N6O/c1-20(2)16-10-13(4-6-15(16)19(27)24-20)12-23-25(3)18-17-7-5-14(11-21)26(17)9-8-22-18/h4-10,12H,1-3H3,(H,24,27)/b23-12+. The zero-order chi connectivity index (χ0) is 19.2. The van der Waals surface area contributed by atoms with Crippen molar-refractivity contribution in [1.29, 1.82) is 5.26 Å². The van der Waals surface area contributed by atoms with Gasteiger partial charge in [-0.25, -0.2) is 9.99 Å². The van der Waals surface area contributed by atoms with Crippen molar-refractivity contribution in [2.24, 2.45) is 5.10 Å². The van der Waals surface area contributed by atoms with Gasteiger partial charge in [0.05, 0.1) is 17.3 Å². The van der Waals surface area contributed by atoms with E-state index in [1.165, 1.54) is 0 Å². The molecule has 1 N–H and O–H groups in total. The first-order chi connectivity index (χ1) is 12.9. The summed E-state index contributed by atoms with van der Waals surface area (Å²) >= 11 is 0. The van der Waals surface area contributed by atoms with Crippen molar-refractivity contribution in [3.63, 3.8) is 0 Å². The van der Waals surface area contributed by atoms with Crippen LogP contribution in [0.25, 0.3) is 5.52 Å². The van der Waals surface area contributed by atoms with Gasteiger partial charge in [-0.1, -0.05) is 6.07 Å². The monoisotopic (exact) mass is 358 g/mol. The first-order valence-corrected chi connectivity index (χ1v) is 8.51. The molecule has 0 spiro atoms. The number of hydrazone groups is 1. The molecule has 1 aliphatic heterocycles. The minimum atomic E-state index is -0.394. The number of hydrogen-bond acceptors (Lipinski definition) is 5. The van der Waals surface area contributed by atoms with Crippen molar-refractivity contribution in [1.82, 2.24) is 14.7 Å². The number of nitriles is 1. The summed E-state index contributed by atoms with van der Waals surface area (Å²) in [4.78, 5) is 16.4. The number of rotatable bonds is 3. The Bertz CT molecular complexity index is 1140. The van der Waals surface area contributed by atoms with E-state index in [-0.39, 0.29) is 5.91 Å². The topological polar surface area (TPSA) is 85.8 Å². The predicted octanol–water partition coefficient (Wildman–Crippen LogP) is 2.65. The third kappa shape index (κ3) is 2.72. The van der Waals surface area contributed by atoms with Crippen LogP contribution in [0, 0.1) is 11.3 Å². The van der Waals surface area contributed by atoms with E-state index in [0.29, 0.717) is 17.1 Å². The number of carbonyl (C=O) groups excluding carboxylic acids is 1. The van der Waals surface area contributed by atoms with E-state index in [9.17, 15) is 10.1 Å². The molecule has 0 unspecified atom stereocenters. The van der Waals surface area contributed by atoms with Crippen LogP contribution >= 0.6 is 0 Å². The van der Waals surface area contributed by atoms with E-state index in [2.05, 4.69) is 21.5 Å². The maximum atomic E-state index is 12.0. The third-order valence-corrected chi connectivity index (χ3v) is 4.75. The van der Waals surface area contributed by atoms with Crippen molar-refractivity contribution in [2.45, 2.75) is 19.4 Å². The van der Waals surface area contributed by atoms with Crippen LogP contribution in [0.15, 0.2) is 47.8 Å². The Kier molecular flexibility index (Phi) is 3.70. The molecule has 3 aromatic rings. The highest BCUT2D eigenvalue weighted by Gasteiger charge is 2.34. The van der Waals surface area contributed by atoms with Crippen molar-refractivity contribution >= 4 is 23.5 Å². The second kappa shape index (κ2) is 5.95. The van der Waals surface area contributed by atoms with Crippen molar-refractivity contribution < 1.29 is 4.79 Å². The lowest BCUT2D eigenvalue weighted by Gasteiger charge is -2.19. The fourth-order valence-corrected chi connectivity index (χ4v) is 3.35. The predicted molar refractivity (Wildman–Crippen MR) is 103 cm³/mol. The fraction of sp³-hybridized carbons (Fsp3) is 0.200. The number of anilines is 1. The molecule has 0 radical (unpaired) electrons. The summed E-state index contributed by atoms with van der Waals surface area (Å²) in [5, 5.41) is 18.3. The third-order valence-electron chi connectivity index (χ3n) is 4.75. The molecule has 0 saturated heterocycles. The lowest BCUT2D eigenvalue weighted by atomic mass is 9.93. The Morgan fingerprint density at radius 1 is 1.33 bits per heavy atom. The van der Waals surface area contributed by atoms with Gasteiger partial charge in [0.25, 0.3) is 5.91 Å². The normalized spacial score (nSPS) is 15.0. The summed E-state index contributed by atoms with van der Waals surface area (Å²) in [5.41, 5.74) is 3.51. The molecule has 2 aromatic heterocycles. The van der Waals surface area contributed by atoms with Gasteiger partial charge in [-0.3, -0.25) is 4.79 Å². The van der Waals surface area contributed by atoms with Crippen LogP contribution < -0.4 is 10.3 Å². The van der Waals surface area contributed by atoms with E-state index in [4.69, 9.17) is 0 Å². The van der Waals surface area contributed by atoms with Crippen LogP contribution in [0.2, 0.25) is 0 Å². The quantitative estimate of drug-likeness (QED) is 0.576. The van der Waals surface area contributed by atoms with Gasteiger partial charge in [-0.15, -0.1) is 0 Å². The van der Waals surface area contributed by atoms with Gasteiger partial charge >= 0.3 is 0 Å². The minimum Gasteiger partial charge on any atom is -0.343 e. The van der Waals surface area contributed by atoms with Crippen LogP contribution in [0.5, 0.6) is 0 Å². The zero-order valence-corrected chi connectivity index (χ0v) is 15.3. The number of nitrogens with zero attached hydrogens (tertiary/aromatic N) is 5. The van der Waals surface area contributed by atoms with Gasteiger partial charge in [-0.05, 0) is 49.2 Å². The van der Waals surface area contributed by atoms with Crippen LogP contribution in [0.3, 0.4) is 0 Å². The summed E-state index contributed by atoms with van der Waals surface area (Å²) < 4.78 is 1.78. The molecule has 1 aromatic carbocycles. The number of aromatic nitrogens is 2. The van der Waals surface area contributed by atoms with E-state index >= 15 is 0 Å². The average Bonchev–Trinajstić information content (AvgIpc) is 3.17.